The molecule has 1 aliphatic heterocycles. The molecule has 3 atom stereocenters. The maximum atomic E-state index is 6.61. The van der Waals surface area contributed by atoms with E-state index >= 15 is 0 Å². The van der Waals surface area contributed by atoms with Crippen LogP contribution in [0.25, 0.3) is 22.0 Å². The van der Waals surface area contributed by atoms with E-state index in [1.165, 1.54) is 11.1 Å². The minimum atomic E-state index is -0.502. The number of hydrogen-bond acceptors (Lipinski definition) is 3. The maximum Gasteiger partial charge on any atom is 0.159 e. The number of fused-ring (bicyclic) bond motifs is 4. The summed E-state index contributed by atoms with van der Waals surface area (Å²) in [5, 5.41) is 1.08. The van der Waals surface area contributed by atoms with Crippen molar-refractivity contribution in [3.05, 3.63) is 102 Å². The van der Waals surface area contributed by atoms with Gasteiger partial charge in [-0.3, -0.25) is 0 Å². The van der Waals surface area contributed by atoms with Gasteiger partial charge in [-0.1, -0.05) is 79.8 Å². The molecule has 0 saturated heterocycles. The summed E-state index contributed by atoms with van der Waals surface area (Å²) in [5.74, 6) is 2.27. The van der Waals surface area contributed by atoms with E-state index in [0.717, 1.165) is 40.2 Å². The first-order chi connectivity index (χ1) is 15.1. The van der Waals surface area contributed by atoms with Gasteiger partial charge in [-0.05, 0) is 31.4 Å². The summed E-state index contributed by atoms with van der Waals surface area (Å²) in [5.41, 5.74) is 4.97. The fourth-order valence-corrected chi connectivity index (χ4v) is 4.97. The summed E-state index contributed by atoms with van der Waals surface area (Å²) in [6.45, 7) is 4.41. The Labute approximate surface area is 182 Å². The van der Waals surface area contributed by atoms with E-state index in [4.69, 9.17) is 14.7 Å². The molecular formula is C28H24N2O. The Morgan fingerprint density at radius 2 is 1.84 bits per heavy atom. The monoisotopic (exact) mass is 404 g/mol. The van der Waals surface area contributed by atoms with Crippen molar-refractivity contribution in [3.63, 3.8) is 0 Å². The predicted molar refractivity (Wildman–Crippen MR) is 126 cm³/mol. The quantitative estimate of drug-likeness (QED) is 0.489. The highest BCUT2D eigenvalue weighted by molar-refractivity contribution is 5.88. The Morgan fingerprint density at radius 3 is 2.71 bits per heavy atom. The van der Waals surface area contributed by atoms with Crippen molar-refractivity contribution < 1.29 is 4.74 Å². The molecule has 1 aromatic heterocycles. The van der Waals surface area contributed by atoms with E-state index in [9.17, 15) is 0 Å². The molecule has 31 heavy (non-hydrogen) atoms. The fourth-order valence-electron chi connectivity index (χ4n) is 4.97. The topological polar surface area (TPSA) is 35.0 Å². The second-order valence-electron chi connectivity index (χ2n) is 8.83. The number of para-hydroxylation sites is 2. The number of rotatable bonds is 2. The molecule has 3 aromatic rings. The Bertz CT molecular complexity index is 1330. The third-order valence-electron chi connectivity index (χ3n) is 6.69. The second-order valence-corrected chi connectivity index (χ2v) is 8.83. The van der Waals surface area contributed by atoms with Crippen molar-refractivity contribution in [1.82, 2.24) is 9.97 Å². The van der Waals surface area contributed by atoms with Crippen LogP contribution in [0.1, 0.15) is 43.3 Å². The predicted octanol–water partition coefficient (Wildman–Crippen LogP) is 6.50. The lowest BCUT2D eigenvalue weighted by Gasteiger charge is -2.35. The van der Waals surface area contributed by atoms with Crippen LogP contribution in [-0.2, 0) is 0 Å². The SMILES string of the molecule is CC1C=CC(c2nc(C3C=CC=C4c5ccccc5OC43C)c3ccccc3n2)=CC1. The smallest absolute Gasteiger partial charge is 0.159 e. The van der Waals surface area contributed by atoms with Crippen molar-refractivity contribution in [1.29, 1.82) is 0 Å². The van der Waals surface area contributed by atoms with Crippen LogP contribution in [0.2, 0.25) is 0 Å². The van der Waals surface area contributed by atoms with Gasteiger partial charge < -0.3 is 4.74 Å². The van der Waals surface area contributed by atoms with Crippen LogP contribution in [-0.4, -0.2) is 15.6 Å². The molecular weight excluding hydrogens is 380 g/mol. The standard InChI is InChI=1S/C28H24N2O/c1-18-14-16-19(17-15-18)27-29-24-12-5-3-9-21(24)26(30-27)23-11-7-10-22-20-8-4-6-13-25(20)31-28(22,23)2/h3-14,16-18,23H,15H2,1-2H3. The van der Waals surface area contributed by atoms with Gasteiger partial charge in [0.05, 0.1) is 17.1 Å². The number of benzene rings is 2. The van der Waals surface area contributed by atoms with Crippen LogP contribution in [0.15, 0.2) is 85.0 Å². The van der Waals surface area contributed by atoms with Gasteiger partial charge in [-0.2, -0.15) is 0 Å². The third kappa shape index (κ3) is 2.80. The molecule has 152 valence electrons. The molecule has 3 heteroatoms. The summed E-state index contributed by atoms with van der Waals surface area (Å²) < 4.78 is 6.61. The number of allylic oxidation sites excluding steroid dienone is 6. The maximum absolute atomic E-state index is 6.61. The molecule has 0 N–H and O–H groups in total. The first kappa shape index (κ1) is 18.3. The van der Waals surface area contributed by atoms with Crippen LogP contribution in [0.3, 0.4) is 0 Å². The number of hydrogen-bond donors (Lipinski definition) is 0. The van der Waals surface area contributed by atoms with Gasteiger partial charge in [0.15, 0.2) is 5.82 Å². The van der Waals surface area contributed by atoms with Gasteiger partial charge in [0.25, 0.3) is 0 Å². The first-order valence-electron chi connectivity index (χ1n) is 11.0. The van der Waals surface area contributed by atoms with Crippen molar-refractivity contribution in [2.24, 2.45) is 5.92 Å². The summed E-state index contributed by atoms with van der Waals surface area (Å²) in [6, 6.07) is 16.6. The summed E-state index contributed by atoms with van der Waals surface area (Å²) >= 11 is 0. The van der Waals surface area contributed by atoms with E-state index in [2.05, 4.69) is 86.7 Å². The molecule has 2 aromatic carbocycles. The molecule has 2 heterocycles. The molecule has 0 fully saturated rings. The van der Waals surface area contributed by atoms with E-state index in [1.807, 2.05) is 12.1 Å². The van der Waals surface area contributed by atoms with Crippen LogP contribution in [0.5, 0.6) is 5.75 Å². The van der Waals surface area contributed by atoms with E-state index in [-0.39, 0.29) is 5.92 Å². The van der Waals surface area contributed by atoms with Crippen molar-refractivity contribution in [3.8, 4) is 5.75 Å². The molecule has 2 aliphatic carbocycles. The molecule has 0 bridgehead atoms. The Morgan fingerprint density at radius 1 is 1.00 bits per heavy atom. The van der Waals surface area contributed by atoms with Gasteiger partial charge in [0.2, 0.25) is 0 Å². The Balaban J connectivity index is 1.53. The summed E-state index contributed by atoms with van der Waals surface area (Å²) in [6.07, 6.45) is 14.2. The number of nitrogens with zero attached hydrogens (tertiary/aromatic N) is 2. The lowest BCUT2D eigenvalue weighted by molar-refractivity contribution is 0.148. The molecule has 6 rings (SSSR count). The van der Waals surface area contributed by atoms with Gasteiger partial charge in [0.1, 0.15) is 11.4 Å². The van der Waals surface area contributed by atoms with E-state index in [1.54, 1.807) is 0 Å². The average molecular weight is 405 g/mol. The van der Waals surface area contributed by atoms with Gasteiger partial charge in [-0.25, -0.2) is 9.97 Å². The highest BCUT2D eigenvalue weighted by Gasteiger charge is 2.48. The highest BCUT2D eigenvalue weighted by Crippen LogP contribution is 2.53. The van der Waals surface area contributed by atoms with Crippen molar-refractivity contribution in [2.75, 3.05) is 0 Å². The average Bonchev–Trinajstić information content (AvgIpc) is 3.11. The molecule has 0 spiro atoms. The Hall–Kier alpha value is -3.46. The normalized spacial score (nSPS) is 26.1. The van der Waals surface area contributed by atoms with Crippen molar-refractivity contribution in [2.45, 2.75) is 31.8 Å². The van der Waals surface area contributed by atoms with Crippen LogP contribution < -0.4 is 4.74 Å². The molecule has 0 radical (unpaired) electrons. The molecule has 3 unspecified atom stereocenters. The lowest BCUT2D eigenvalue weighted by atomic mass is 9.75. The van der Waals surface area contributed by atoms with Gasteiger partial charge >= 0.3 is 0 Å². The Kier molecular flexibility index (Phi) is 4.01. The molecule has 0 saturated carbocycles. The lowest BCUT2D eigenvalue weighted by Crippen LogP contribution is -2.38. The van der Waals surface area contributed by atoms with Crippen molar-refractivity contribution >= 4 is 22.0 Å². The zero-order chi connectivity index (χ0) is 21.0. The van der Waals surface area contributed by atoms with Gasteiger partial charge in [-0.15, -0.1) is 0 Å². The molecule has 0 amide bonds. The molecule has 3 nitrogen and oxygen atoms in total. The van der Waals surface area contributed by atoms with E-state index < -0.39 is 5.60 Å². The van der Waals surface area contributed by atoms with Crippen LogP contribution in [0, 0.1) is 5.92 Å². The number of ether oxygens (including phenoxy) is 1. The zero-order valence-electron chi connectivity index (χ0n) is 17.7. The minimum absolute atomic E-state index is 0.0151. The minimum Gasteiger partial charge on any atom is -0.481 e. The summed E-state index contributed by atoms with van der Waals surface area (Å²) in [7, 11) is 0. The zero-order valence-corrected chi connectivity index (χ0v) is 17.7. The fraction of sp³-hybridized carbons (Fsp3) is 0.214. The van der Waals surface area contributed by atoms with Crippen LogP contribution >= 0.6 is 0 Å². The first-order valence-corrected chi connectivity index (χ1v) is 11.0. The molecule has 3 aliphatic rings. The number of aromatic nitrogens is 2. The highest BCUT2D eigenvalue weighted by atomic mass is 16.5. The summed E-state index contributed by atoms with van der Waals surface area (Å²) in [4.78, 5) is 10.1. The second kappa shape index (κ2) is 6.78. The van der Waals surface area contributed by atoms with E-state index in [0.29, 0.717) is 5.92 Å². The van der Waals surface area contributed by atoms with Gasteiger partial charge in [0, 0.05) is 22.1 Å². The third-order valence-corrected chi connectivity index (χ3v) is 6.69. The van der Waals surface area contributed by atoms with Crippen LogP contribution in [0.4, 0.5) is 0 Å². The largest absolute Gasteiger partial charge is 0.481 e.